The van der Waals surface area contributed by atoms with Gasteiger partial charge in [0.2, 0.25) is 0 Å². The molecule has 0 amide bonds. The van der Waals surface area contributed by atoms with Crippen molar-refractivity contribution >= 4 is 0 Å². The van der Waals surface area contributed by atoms with Crippen LogP contribution in [0.4, 0.5) is 0 Å². The smallest absolute Gasteiger partial charge is 0.0968 e. The molecule has 1 aliphatic rings. The molecule has 0 bridgehead atoms. The van der Waals surface area contributed by atoms with Crippen LogP contribution >= 0.6 is 0 Å². The first-order valence-electron chi connectivity index (χ1n) is 9.28. The third-order valence-corrected chi connectivity index (χ3v) is 4.68. The molecule has 1 N–H and O–H groups in total. The van der Waals surface area contributed by atoms with E-state index in [-0.39, 0.29) is 0 Å². The number of hydrogen-bond acceptors (Lipinski definition) is 4. The van der Waals surface area contributed by atoms with Crippen molar-refractivity contribution in [2.45, 2.75) is 38.8 Å². The Morgan fingerprint density at radius 2 is 1.92 bits per heavy atom. The maximum absolute atomic E-state index is 8.80. The van der Waals surface area contributed by atoms with Gasteiger partial charge in [-0.25, -0.2) is 0 Å². The van der Waals surface area contributed by atoms with Gasteiger partial charge in [0, 0.05) is 23.9 Å². The summed E-state index contributed by atoms with van der Waals surface area (Å²) >= 11 is 0. The zero-order valence-electron chi connectivity index (χ0n) is 14.8. The number of benzene rings is 1. The molecule has 0 unspecified atom stereocenters. The fourth-order valence-electron chi connectivity index (χ4n) is 3.37. The maximum Gasteiger partial charge on any atom is 0.0968 e. The lowest BCUT2D eigenvalue weighted by molar-refractivity contribution is 0.331. The Kier molecular flexibility index (Phi) is 6.61. The Labute approximate surface area is 150 Å². The van der Waals surface area contributed by atoms with Gasteiger partial charge in [-0.1, -0.05) is 30.3 Å². The van der Waals surface area contributed by atoms with Gasteiger partial charge in [-0.05, 0) is 45.4 Å². The van der Waals surface area contributed by atoms with Crippen LogP contribution in [0, 0.1) is 11.3 Å². The summed E-state index contributed by atoms with van der Waals surface area (Å²) in [5.41, 5.74) is 3.35. The third-order valence-electron chi connectivity index (χ3n) is 4.68. The Balaban J connectivity index is 1.56. The molecule has 132 valence electrons. The zero-order chi connectivity index (χ0) is 17.3. The minimum atomic E-state index is 0.485. The van der Waals surface area contributed by atoms with E-state index >= 15 is 0 Å². The predicted octanol–water partition coefficient (Wildman–Crippen LogP) is 3.04. The van der Waals surface area contributed by atoms with Crippen molar-refractivity contribution in [3.8, 4) is 17.3 Å². The number of nitriles is 1. The van der Waals surface area contributed by atoms with Gasteiger partial charge in [0.05, 0.1) is 24.7 Å². The van der Waals surface area contributed by atoms with Gasteiger partial charge in [-0.2, -0.15) is 10.4 Å². The highest BCUT2D eigenvalue weighted by Gasteiger charge is 2.12. The van der Waals surface area contributed by atoms with Crippen molar-refractivity contribution in [1.82, 2.24) is 20.0 Å². The summed E-state index contributed by atoms with van der Waals surface area (Å²) in [6.45, 7) is 6.21. The number of likely N-dealkylation sites (tertiary alicyclic amines) is 1. The van der Waals surface area contributed by atoms with E-state index in [1.54, 1.807) is 0 Å². The molecule has 0 radical (unpaired) electrons. The highest BCUT2D eigenvalue weighted by molar-refractivity contribution is 5.62. The molecule has 3 rings (SSSR count). The number of hydrogen-bond donors (Lipinski definition) is 1. The van der Waals surface area contributed by atoms with E-state index in [1.807, 2.05) is 22.9 Å². The van der Waals surface area contributed by atoms with E-state index in [2.05, 4.69) is 34.6 Å². The molecular formula is C20H27N5. The highest BCUT2D eigenvalue weighted by Crippen LogP contribution is 2.22. The van der Waals surface area contributed by atoms with Crippen LogP contribution in [0.2, 0.25) is 0 Å². The van der Waals surface area contributed by atoms with Crippen molar-refractivity contribution in [1.29, 1.82) is 5.26 Å². The van der Waals surface area contributed by atoms with Crippen molar-refractivity contribution in [2.24, 2.45) is 0 Å². The molecule has 0 atom stereocenters. The molecule has 1 fully saturated rings. The van der Waals surface area contributed by atoms with E-state index in [4.69, 9.17) is 10.4 Å². The molecule has 1 aromatic carbocycles. The van der Waals surface area contributed by atoms with Crippen LogP contribution in [0.5, 0.6) is 0 Å². The summed E-state index contributed by atoms with van der Waals surface area (Å²) in [6.07, 6.45) is 6.46. The van der Waals surface area contributed by atoms with E-state index < -0.39 is 0 Å². The monoisotopic (exact) mass is 337 g/mol. The van der Waals surface area contributed by atoms with Crippen molar-refractivity contribution < 1.29 is 0 Å². The van der Waals surface area contributed by atoms with Gasteiger partial charge >= 0.3 is 0 Å². The average Bonchev–Trinajstić information content (AvgIpc) is 3.30. The number of nitrogens with zero attached hydrogens (tertiary/aromatic N) is 4. The summed E-state index contributed by atoms with van der Waals surface area (Å²) in [6, 6.07) is 12.5. The number of aryl methyl sites for hydroxylation is 1. The molecular weight excluding hydrogens is 310 g/mol. The minimum absolute atomic E-state index is 0.485. The van der Waals surface area contributed by atoms with Gasteiger partial charge in [0.15, 0.2) is 0 Å². The Morgan fingerprint density at radius 3 is 2.68 bits per heavy atom. The summed E-state index contributed by atoms with van der Waals surface area (Å²) < 4.78 is 1.90. The number of rotatable bonds is 9. The molecule has 1 aromatic heterocycles. The normalized spacial score (nSPS) is 14.7. The Morgan fingerprint density at radius 1 is 1.12 bits per heavy atom. The van der Waals surface area contributed by atoms with E-state index in [9.17, 15) is 0 Å². The fourth-order valence-corrected chi connectivity index (χ4v) is 3.37. The van der Waals surface area contributed by atoms with Gasteiger partial charge in [0.1, 0.15) is 0 Å². The summed E-state index contributed by atoms with van der Waals surface area (Å²) in [4.78, 5) is 2.55. The molecule has 25 heavy (non-hydrogen) atoms. The molecule has 5 heteroatoms. The van der Waals surface area contributed by atoms with Gasteiger partial charge in [-0.3, -0.25) is 4.68 Å². The number of aromatic nitrogens is 2. The maximum atomic E-state index is 8.80. The van der Waals surface area contributed by atoms with Crippen molar-refractivity contribution in [2.75, 3.05) is 26.2 Å². The lowest BCUT2D eigenvalue weighted by Gasteiger charge is -2.14. The minimum Gasteiger partial charge on any atom is -0.312 e. The Bertz CT molecular complexity index is 680. The fraction of sp³-hybridized carbons (Fsp3) is 0.500. The van der Waals surface area contributed by atoms with Gasteiger partial charge < -0.3 is 10.2 Å². The first kappa shape index (κ1) is 17.7. The summed E-state index contributed by atoms with van der Waals surface area (Å²) in [7, 11) is 0. The average molecular weight is 337 g/mol. The Hall–Kier alpha value is -2.16. The first-order valence-corrected chi connectivity index (χ1v) is 9.28. The second kappa shape index (κ2) is 9.36. The van der Waals surface area contributed by atoms with Gasteiger partial charge in [0.25, 0.3) is 0 Å². The van der Waals surface area contributed by atoms with Crippen LogP contribution in [-0.4, -0.2) is 40.9 Å². The van der Waals surface area contributed by atoms with Crippen molar-refractivity contribution in [3.05, 3.63) is 42.1 Å². The topological polar surface area (TPSA) is 56.9 Å². The van der Waals surface area contributed by atoms with Crippen LogP contribution in [0.15, 0.2) is 36.5 Å². The van der Waals surface area contributed by atoms with Gasteiger partial charge in [-0.15, -0.1) is 0 Å². The standard InChI is InChI=1S/C20H27N5/c21-10-6-15-25-17-19(20(23-25)18-8-2-1-3-9-18)16-22-11-7-14-24-12-4-5-13-24/h1-3,8-9,17,22H,4-7,11-16H2. The molecule has 2 aromatic rings. The van der Waals surface area contributed by atoms with Crippen LogP contribution in [-0.2, 0) is 13.1 Å². The third kappa shape index (κ3) is 5.15. The van der Waals surface area contributed by atoms with E-state index in [0.717, 1.165) is 24.3 Å². The second-order valence-electron chi connectivity index (χ2n) is 6.62. The molecule has 0 spiro atoms. The molecule has 0 aliphatic carbocycles. The van der Waals surface area contributed by atoms with E-state index in [1.165, 1.54) is 44.5 Å². The van der Waals surface area contributed by atoms with Crippen LogP contribution in [0.25, 0.3) is 11.3 Å². The molecule has 1 aliphatic heterocycles. The van der Waals surface area contributed by atoms with Crippen LogP contribution in [0.3, 0.4) is 0 Å². The van der Waals surface area contributed by atoms with Crippen LogP contribution < -0.4 is 5.32 Å². The lowest BCUT2D eigenvalue weighted by Crippen LogP contribution is -2.24. The summed E-state index contributed by atoms with van der Waals surface area (Å²) in [5.74, 6) is 0. The largest absolute Gasteiger partial charge is 0.312 e. The first-order chi connectivity index (χ1) is 12.4. The SMILES string of the molecule is N#CCCn1cc(CNCCCN2CCCC2)c(-c2ccccc2)n1. The second-order valence-corrected chi connectivity index (χ2v) is 6.62. The number of nitrogens with one attached hydrogen (secondary N) is 1. The predicted molar refractivity (Wildman–Crippen MR) is 99.9 cm³/mol. The van der Waals surface area contributed by atoms with Crippen molar-refractivity contribution in [3.63, 3.8) is 0 Å². The van der Waals surface area contributed by atoms with Crippen LogP contribution in [0.1, 0.15) is 31.2 Å². The molecule has 5 nitrogen and oxygen atoms in total. The molecule has 1 saturated heterocycles. The molecule has 2 heterocycles. The summed E-state index contributed by atoms with van der Waals surface area (Å²) in [5, 5.41) is 17.1. The zero-order valence-corrected chi connectivity index (χ0v) is 14.8. The highest BCUT2D eigenvalue weighted by atomic mass is 15.3. The quantitative estimate of drug-likeness (QED) is 0.715. The van der Waals surface area contributed by atoms with E-state index in [0.29, 0.717) is 13.0 Å². The molecule has 0 saturated carbocycles. The lowest BCUT2D eigenvalue weighted by atomic mass is 10.1.